The summed E-state index contributed by atoms with van der Waals surface area (Å²) in [7, 11) is 0. The van der Waals surface area contributed by atoms with Crippen LogP contribution < -0.4 is 0 Å². The van der Waals surface area contributed by atoms with Gasteiger partial charge >= 0.3 is 0 Å². The van der Waals surface area contributed by atoms with E-state index in [-0.39, 0.29) is 5.16 Å². The first-order chi connectivity index (χ1) is 8.89. The van der Waals surface area contributed by atoms with Crippen molar-refractivity contribution in [3.05, 3.63) is 16.9 Å². The molecular formula is C9H15BrN2O4P2S2. The Morgan fingerprint density at radius 1 is 1.40 bits per heavy atom. The van der Waals surface area contributed by atoms with E-state index < -0.39 is 24.6 Å². The van der Waals surface area contributed by atoms with Crippen LogP contribution in [0.5, 0.6) is 0 Å². The Balaban J connectivity index is 3.01. The second-order valence-corrected chi connectivity index (χ2v) is 14.2. The number of hydrogen-bond acceptors (Lipinski definition) is 6. The molecule has 0 saturated carbocycles. The van der Waals surface area contributed by atoms with Crippen molar-refractivity contribution in [2.45, 2.75) is 31.5 Å². The van der Waals surface area contributed by atoms with Gasteiger partial charge in [-0.25, -0.2) is 9.97 Å². The first kappa shape index (κ1) is 18.7. The normalized spacial score (nSPS) is 15.9. The monoisotopic (exact) mass is 420 g/mol. The summed E-state index contributed by atoms with van der Waals surface area (Å²) >= 11 is 8.55. The highest BCUT2D eigenvalue weighted by Crippen LogP contribution is 2.69. The average Bonchev–Trinajstić information content (AvgIpc) is 2.15. The molecule has 0 radical (unpaired) electrons. The SMILES string of the molecule is CC(C)(C)OP(=O)(CP(O)(O)=S)Sc1ncc(Br)cn1. The molecule has 1 aromatic heterocycles. The summed E-state index contributed by atoms with van der Waals surface area (Å²) in [4.78, 5) is 26.9. The average molecular weight is 421 g/mol. The highest BCUT2D eigenvalue weighted by molar-refractivity contribution is 9.10. The van der Waals surface area contributed by atoms with E-state index in [0.717, 1.165) is 11.4 Å². The van der Waals surface area contributed by atoms with Gasteiger partial charge in [-0.2, -0.15) is 0 Å². The van der Waals surface area contributed by atoms with Crippen LogP contribution in [0.15, 0.2) is 22.0 Å². The van der Waals surface area contributed by atoms with Crippen LogP contribution in [0, 0.1) is 0 Å². The topological polar surface area (TPSA) is 92.5 Å². The number of hydrogen-bond donors (Lipinski definition) is 2. The maximum absolute atomic E-state index is 12.8. The van der Waals surface area contributed by atoms with Gasteiger partial charge in [0.2, 0.25) is 0 Å². The van der Waals surface area contributed by atoms with Crippen molar-refractivity contribution in [2.24, 2.45) is 0 Å². The van der Waals surface area contributed by atoms with Crippen LogP contribution in [-0.2, 0) is 20.9 Å². The molecule has 20 heavy (non-hydrogen) atoms. The minimum atomic E-state index is -3.66. The van der Waals surface area contributed by atoms with Gasteiger partial charge in [-0.15, -0.1) is 0 Å². The molecule has 0 aliphatic heterocycles. The lowest BCUT2D eigenvalue weighted by atomic mass is 10.2. The van der Waals surface area contributed by atoms with Gasteiger partial charge in [-0.3, -0.25) is 4.57 Å². The minimum absolute atomic E-state index is 0.226. The zero-order valence-electron chi connectivity index (χ0n) is 11.1. The number of rotatable bonds is 5. The molecule has 0 saturated heterocycles. The fourth-order valence-corrected chi connectivity index (χ4v) is 10.8. The summed E-state index contributed by atoms with van der Waals surface area (Å²) in [6.07, 6.45) is 3.01. The summed E-state index contributed by atoms with van der Waals surface area (Å²) in [6.45, 7) is -1.97. The molecule has 2 N–H and O–H groups in total. The first-order valence-electron chi connectivity index (χ1n) is 5.40. The number of aromatic nitrogens is 2. The van der Waals surface area contributed by atoms with E-state index in [2.05, 4.69) is 37.7 Å². The zero-order valence-corrected chi connectivity index (χ0v) is 16.1. The molecule has 1 unspecified atom stereocenters. The second kappa shape index (κ2) is 6.84. The Kier molecular flexibility index (Phi) is 6.40. The molecule has 6 nitrogen and oxygen atoms in total. The standard InChI is InChI=1S/C9H15BrN2O4P2S2/c1-9(2,3)16-18(15,6-17(13,14)19)20-8-11-4-7(10)5-12-8/h4-5H,6H2,1-3H3,(H2,13,14,19). The van der Waals surface area contributed by atoms with E-state index in [0.29, 0.717) is 4.47 Å². The van der Waals surface area contributed by atoms with Crippen molar-refractivity contribution in [3.63, 3.8) is 0 Å². The maximum atomic E-state index is 12.8. The lowest BCUT2D eigenvalue weighted by molar-refractivity contribution is 0.141. The Hall–Kier alpha value is 0.670. The second-order valence-electron chi connectivity index (χ2n) is 4.90. The molecular weight excluding hydrogens is 406 g/mol. The highest BCUT2D eigenvalue weighted by atomic mass is 79.9. The van der Waals surface area contributed by atoms with Crippen LogP contribution in [0.4, 0.5) is 0 Å². The molecule has 0 aromatic carbocycles. The maximum Gasteiger partial charge on any atom is 0.275 e. The van der Waals surface area contributed by atoms with Crippen molar-refractivity contribution in [1.82, 2.24) is 9.97 Å². The molecule has 1 aromatic rings. The van der Waals surface area contributed by atoms with Gasteiger partial charge in [-0.05, 0) is 48.5 Å². The number of nitrogens with zero attached hydrogens (tertiary/aromatic N) is 2. The van der Waals surface area contributed by atoms with E-state index in [1.165, 1.54) is 12.4 Å². The molecule has 0 aliphatic rings. The lowest BCUT2D eigenvalue weighted by Crippen LogP contribution is -2.17. The fraction of sp³-hybridized carbons (Fsp3) is 0.556. The smallest absolute Gasteiger partial charge is 0.275 e. The van der Waals surface area contributed by atoms with E-state index in [4.69, 9.17) is 4.52 Å². The van der Waals surface area contributed by atoms with Gasteiger partial charge in [-0.1, -0.05) is 0 Å². The van der Waals surface area contributed by atoms with E-state index >= 15 is 0 Å². The van der Waals surface area contributed by atoms with Gasteiger partial charge in [0.1, 0.15) is 5.90 Å². The van der Waals surface area contributed by atoms with E-state index in [1.807, 2.05) is 0 Å². The lowest BCUT2D eigenvalue weighted by Gasteiger charge is -2.27. The molecule has 1 atom stereocenters. The third-order valence-corrected chi connectivity index (χ3v) is 9.96. The van der Waals surface area contributed by atoms with Gasteiger partial charge in [0.25, 0.3) is 6.57 Å². The van der Waals surface area contributed by atoms with Crippen molar-refractivity contribution >= 4 is 52.2 Å². The van der Waals surface area contributed by atoms with Crippen molar-refractivity contribution in [2.75, 3.05) is 5.90 Å². The van der Waals surface area contributed by atoms with E-state index in [1.54, 1.807) is 20.8 Å². The predicted octanol–water partition coefficient (Wildman–Crippen LogP) is 3.59. The Morgan fingerprint density at radius 2 is 1.90 bits per heavy atom. The van der Waals surface area contributed by atoms with Crippen LogP contribution in [0.2, 0.25) is 0 Å². The molecule has 1 heterocycles. The van der Waals surface area contributed by atoms with Gasteiger partial charge in [0, 0.05) is 23.8 Å². The van der Waals surface area contributed by atoms with Crippen LogP contribution in [0.1, 0.15) is 20.8 Å². The van der Waals surface area contributed by atoms with Gasteiger partial charge < -0.3 is 14.3 Å². The van der Waals surface area contributed by atoms with Crippen molar-refractivity contribution in [1.29, 1.82) is 0 Å². The molecule has 0 aliphatic carbocycles. The molecule has 1 rings (SSSR count). The molecule has 0 amide bonds. The molecule has 0 spiro atoms. The third-order valence-electron chi connectivity index (χ3n) is 1.59. The molecule has 0 bridgehead atoms. The van der Waals surface area contributed by atoms with Crippen molar-refractivity contribution < 1.29 is 18.9 Å². The van der Waals surface area contributed by atoms with Crippen molar-refractivity contribution in [3.8, 4) is 0 Å². The fourth-order valence-electron chi connectivity index (χ4n) is 1.19. The van der Waals surface area contributed by atoms with Crippen LogP contribution >= 0.6 is 40.4 Å². The van der Waals surface area contributed by atoms with Crippen LogP contribution in [-0.4, -0.2) is 31.3 Å². The predicted molar refractivity (Wildman–Crippen MR) is 87.6 cm³/mol. The summed E-state index contributed by atoms with van der Waals surface area (Å²) in [5.41, 5.74) is -0.720. The summed E-state index contributed by atoms with van der Waals surface area (Å²) in [6, 6.07) is 0. The summed E-state index contributed by atoms with van der Waals surface area (Å²) in [5, 5.41) is 0.226. The zero-order chi connectivity index (χ0) is 15.6. The largest absolute Gasteiger partial charge is 0.345 e. The minimum Gasteiger partial charge on any atom is -0.345 e. The van der Waals surface area contributed by atoms with Crippen LogP contribution in [0.25, 0.3) is 0 Å². The van der Waals surface area contributed by atoms with E-state index in [9.17, 15) is 14.4 Å². The third kappa shape index (κ3) is 7.61. The Bertz CT molecular complexity index is 558. The Morgan fingerprint density at radius 3 is 2.30 bits per heavy atom. The molecule has 114 valence electrons. The Labute approximate surface area is 135 Å². The van der Waals surface area contributed by atoms with Crippen LogP contribution in [0.3, 0.4) is 0 Å². The number of halogens is 1. The first-order valence-corrected chi connectivity index (χ1v) is 12.3. The van der Waals surface area contributed by atoms with Gasteiger partial charge in [0.05, 0.1) is 10.1 Å². The quantitative estimate of drug-likeness (QED) is 0.551. The summed E-state index contributed by atoms with van der Waals surface area (Å²) in [5.74, 6) is -0.489. The highest BCUT2D eigenvalue weighted by Gasteiger charge is 2.36. The molecule has 0 fully saturated rings. The summed E-state index contributed by atoms with van der Waals surface area (Å²) < 4.78 is 19.0. The van der Waals surface area contributed by atoms with Gasteiger partial charge in [0.15, 0.2) is 11.6 Å². The molecule has 11 heteroatoms.